The van der Waals surface area contributed by atoms with Gasteiger partial charge in [-0.05, 0) is 44.0 Å². The van der Waals surface area contributed by atoms with Crippen LogP contribution in [-0.2, 0) is 14.8 Å². The van der Waals surface area contributed by atoms with Crippen molar-refractivity contribution in [1.29, 1.82) is 0 Å². The highest BCUT2D eigenvalue weighted by atomic mass is 35.5. The Morgan fingerprint density at radius 2 is 1.66 bits per heavy atom. The van der Waals surface area contributed by atoms with Crippen molar-refractivity contribution in [2.75, 3.05) is 17.9 Å². The zero-order valence-corrected chi connectivity index (χ0v) is 18.4. The van der Waals surface area contributed by atoms with Gasteiger partial charge in [0.05, 0.1) is 15.6 Å². The average Bonchev–Trinajstić information content (AvgIpc) is 2.73. The number of likely N-dealkylation sites (N-methyl/N-ethyl adjacent to an activating group) is 1. The number of benzene rings is 2. The Balaban J connectivity index is 1.94. The molecule has 5 nitrogen and oxygen atoms in total. The highest BCUT2D eigenvalue weighted by Gasteiger charge is 2.31. The lowest BCUT2D eigenvalue weighted by atomic mass is 9.94. The molecule has 7 heteroatoms. The predicted octanol–water partition coefficient (Wildman–Crippen LogP) is 4.63. The minimum Gasteiger partial charge on any atom is -0.341 e. The highest BCUT2D eigenvalue weighted by Crippen LogP contribution is 2.31. The van der Waals surface area contributed by atoms with Crippen molar-refractivity contribution < 1.29 is 13.2 Å². The molecule has 1 fully saturated rings. The number of hydrogen-bond donors (Lipinski definition) is 0. The lowest BCUT2D eigenvalue weighted by molar-refractivity contribution is -0.130. The van der Waals surface area contributed by atoms with Crippen LogP contribution >= 0.6 is 11.6 Å². The van der Waals surface area contributed by atoms with Gasteiger partial charge in [-0.15, -0.1) is 0 Å². The molecular formula is C22H27ClN2O3S. The molecule has 2 aromatic rings. The number of amides is 1. The minimum absolute atomic E-state index is 0.135. The number of nitrogens with zero attached hydrogens (tertiary/aromatic N) is 2. The third kappa shape index (κ3) is 4.93. The van der Waals surface area contributed by atoms with E-state index >= 15 is 0 Å². The fraction of sp³-hybridized carbons (Fsp3) is 0.409. The van der Waals surface area contributed by atoms with Crippen molar-refractivity contribution >= 4 is 33.2 Å². The highest BCUT2D eigenvalue weighted by molar-refractivity contribution is 7.92. The van der Waals surface area contributed by atoms with Gasteiger partial charge in [-0.3, -0.25) is 9.10 Å². The van der Waals surface area contributed by atoms with Crippen molar-refractivity contribution in [2.24, 2.45) is 0 Å². The Morgan fingerprint density at radius 3 is 2.28 bits per heavy atom. The van der Waals surface area contributed by atoms with Gasteiger partial charge in [0.2, 0.25) is 5.91 Å². The van der Waals surface area contributed by atoms with Crippen LogP contribution in [0, 0.1) is 6.92 Å². The monoisotopic (exact) mass is 434 g/mol. The number of hydrogen-bond acceptors (Lipinski definition) is 3. The molecule has 0 saturated heterocycles. The molecule has 1 amide bonds. The van der Waals surface area contributed by atoms with Crippen LogP contribution < -0.4 is 4.31 Å². The molecule has 1 aliphatic rings. The third-order valence-corrected chi connectivity index (χ3v) is 7.62. The summed E-state index contributed by atoms with van der Waals surface area (Å²) in [7, 11) is -2.19. The molecule has 3 rings (SSSR count). The summed E-state index contributed by atoms with van der Waals surface area (Å²) in [6.07, 6.45) is 5.29. The number of aryl methyl sites for hydroxylation is 1. The first-order valence-electron chi connectivity index (χ1n) is 9.90. The smallest absolute Gasteiger partial charge is 0.264 e. The van der Waals surface area contributed by atoms with E-state index in [2.05, 4.69) is 0 Å². The Kier molecular flexibility index (Phi) is 6.85. The topological polar surface area (TPSA) is 57.7 Å². The van der Waals surface area contributed by atoms with Crippen LogP contribution in [0.4, 0.5) is 5.69 Å². The number of sulfonamides is 1. The summed E-state index contributed by atoms with van der Waals surface area (Å²) in [6.45, 7) is 1.61. The maximum atomic E-state index is 13.4. The molecule has 1 aliphatic carbocycles. The predicted molar refractivity (Wildman–Crippen MR) is 117 cm³/mol. The molecule has 2 aromatic carbocycles. The van der Waals surface area contributed by atoms with Crippen molar-refractivity contribution in [2.45, 2.75) is 50.0 Å². The van der Waals surface area contributed by atoms with E-state index in [-0.39, 0.29) is 28.4 Å². The molecule has 0 bridgehead atoms. The van der Waals surface area contributed by atoms with Gasteiger partial charge in [-0.1, -0.05) is 60.7 Å². The van der Waals surface area contributed by atoms with E-state index in [4.69, 9.17) is 11.6 Å². The van der Waals surface area contributed by atoms with Gasteiger partial charge in [-0.2, -0.15) is 0 Å². The first-order valence-corrected chi connectivity index (χ1v) is 11.7. The zero-order chi connectivity index (χ0) is 21.0. The van der Waals surface area contributed by atoms with E-state index in [1.165, 1.54) is 6.42 Å². The molecule has 29 heavy (non-hydrogen) atoms. The van der Waals surface area contributed by atoms with E-state index in [1.807, 2.05) is 6.92 Å². The average molecular weight is 435 g/mol. The molecule has 1 saturated carbocycles. The molecule has 0 radical (unpaired) electrons. The molecule has 0 N–H and O–H groups in total. The summed E-state index contributed by atoms with van der Waals surface area (Å²) in [6, 6.07) is 13.5. The van der Waals surface area contributed by atoms with E-state index in [0.717, 1.165) is 35.6 Å². The molecule has 0 spiro atoms. The number of carbonyl (C=O) groups excluding carboxylic acids is 1. The molecular weight excluding hydrogens is 408 g/mol. The maximum absolute atomic E-state index is 13.4. The SMILES string of the molecule is Cc1ccc(S(=O)(=O)N(CC(=O)N(C)C2CCCCC2)c2ccccc2Cl)cc1. The second-order valence-corrected chi connectivity index (χ2v) is 9.84. The maximum Gasteiger partial charge on any atom is 0.264 e. The minimum atomic E-state index is -3.95. The lowest BCUT2D eigenvalue weighted by Gasteiger charge is -2.33. The third-order valence-electron chi connectivity index (χ3n) is 5.52. The van der Waals surface area contributed by atoms with Gasteiger partial charge in [-0.25, -0.2) is 8.42 Å². The summed E-state index contributed by atoms with van der Waals surface area (Å²) in [5.41, 5.74) is 1.27. The van der Waals surface area contributed by atoms with Crippen molar-refractivity contribution in [3.63, 3.8) is 0 Å². The number of anilines is 1. The normalized spacial score (nSPS) is 15.1. The molecule has 0 atom stereocenters. The van der Waals surface area contributed by atoms with Gasteiger partial charge in [0, 0.05) is 13.1 Å². The molecule has 0 heterocycles. The number of halogens is 1. The standard InChI is InChI=1S/C22H27ClN2O3S/c1-17-12-14-19(15-13-17)29(27,28)25(21-11-7-6-10-20(21)23)16-22(26)24(2)18-8-4-3-5-9-18/h6-7,10-15,18H,3-5,8-9,16H2,1-2H3. The molecule has 156 valence electrons. The van der Waals surface area contributed by atoms with Gasteiger partial charge >= 0.3 is 0 Å². The molecule has 0 aromatic heterocycles. The van der Waals surface area contributed by atoms with Crippen LogP contribution in [0.2, 0.25) is 5.02 Å². The van der Waals surface area contributed by atoms with Crippen molar-refractivity contribution in [3.05, 3.63) is 59.1 Å². The van der Waals surface area contributed by atoms with Gasteiger partial charge in [0.25, 0.3) is 10.0 Å². The Hall–Kier alpha value is -2.05. The van der Waals surface area contributed by atoms with E-state index in [1.54, 1.807) is 60.5 Å². The van der Waals surface area contributed by atoms with Crippen molar-refractivity contribution in [3.8, 4) is 0 Å². The number of para-hydroxylation sites is 1. The van der Waals surface area contributed by atoms with Gasteiger partial charge in [0.15, 0.2) is 0 Å². The first kappa shape index (κ1) is 21.7. The summed E-state index contributed by atoms with van der Waals surface area (Å²) >= 11 is 6.32. The van der Waals surface area contributed by atoms with E-state index in [9.17, 15) is 13.2 Å². The van der Waals surface area contributed by atoms with Gasteiger partial charge in [0.1, 0.15) is 6.54 Å². The quantitative estimate of drug-likeness (QED) is 0.665. The summed E-state index contributed by atoms with van der Waals surface area (Å²) in [4.78, 5) is 14.9. The second-order valence-electron chi connectivity index (χ2n) is 7.57. The fourth-order valence-corrected chi connectivity index (χ4v) is 5.42. The lowest BCUT2D eigenvalue weighted by Crippen LogP contribution is -2.46. The van der Waals surface area contributed by atoms with Crippen LogP contribution in [-0.4, -0.2) is 38.9 Å². The van der Waals surface area contributed by atoms with Crippen LogP contribution in [0.3, 0.4) is 0 Å². The van der Waals surface area contributed by atoms with Crippen LogP contribution in [0.15, 0.2) is 53.4 Å². The van der Waals surface area contributed by atoms with E-state index in [0.29, 0.717) is 5.69 Å². The van der Waals surface area contributed by atoms with Gasteiger partial charge < -0.3 is 4.90 Å². The van der Waals surface area contributed by atoms with Crippen molar-refractivity contribution in [1.82, 2.24) is 4.90 Å². The molecule has 0 aliphatic heterocycles. The van der Waals surface area contributed by atoms with Crippen LogP contribution in [0.25, 0.3) is 0 Å². The summed E-state index contributed by atoms with van der Waals surface area (Å²) in [5, 5.41) is 0.288. The Labute approximate surface area is 178 Å². The number of rotatable bonds is 6. The largest absolute Gasteiger partial charge is 0.341 e. The first-order chi connectivity index (χ1) is 13.8. The summed E-state index contributed by atoms with van der Waals surface area (Å²) in [5.74, 6) is -0.229. The molecule has 0 unspecified atom stereocenters. The Bertz CT molecular complexity index is 954. The van der Waals surface area contributed by atoms with Crippen LogP contribution in [0.1, 0.15) is 37.7 Å². The van der Waals surface area contributed by atoms with E-state index < -0.39 is 10.0 Å². The van der Waals surface area contributed by atoms with Crippen LogP contribution in [0.5, 0.6) is 0 Å². The fourth-order valence-electron chi connectivity index (χ4n) is 3.70. The zero-order valence-electron chi connectivity index (χ0n) is 16.8. The second kappa shape index (κ2) is 9.18. The Morgan fingerprint density at radius 1 is 1.03 bits per heavy atom. The summed E-state index contributed by atoms with van der Waals surface area (Å²) < 4.78 is 28.0. The number of carbonyl (C=O) groups is 1.